The number of pyridine rings is 1. The smallest absolute Gasteiger partial charge is 0.411 e. The fourth-order valence-electron chi connectivity index (χ4n) is 4.06. The average Bonchev–Trinajstić information content (AvgIpc) is 3.16. The summed E-state index contributed by atoms with van der Waals surface area (Å²) >= 11 is 0. The van der Waals surface area contributed by atoms with Crippen LogP contribution in [-0.4, -0.2) is 47.1 Å². The van der Waals surface area contributed by atoms with Gasteiger partial charge < -0.3 is 15.2 Å². The summed E-state index contributed by atoms with van der Waals surface area (Å²) in [6.07, 6.45) is -3.60. The molecule has 1 aliphatic rings. The van der Waals surface area contributed by atoms with Crippen molar-refractivity contribution in [2.24, 2.45) is 0 Å². The van der Waals surface area contributed by atoms with Gasteiger partial charge in [0.1, 0.15) is 12.6 Å². The van der Waals surface area contributed by atoms with Gasteiger partial charge in [0.15, 0.2) is 5.69 Å². The zero-order chi connectivity index (χ0) is 24.9. The molecule has 8 nitrogen and oxygen atoms in total. The van der Waals surface area contributed by atoms with Crippen LogP contribution in [0.25, 0.3) is 11.1 Å². The van der Waals surface area contributed by atoms with Crippen LogP contribution in [0.3, 0.4) is 0 Å². The Morgan fingerprint density at radius 3 is 2.20 bits per heavy atom. The van der Waals surface area contributed by atoms with E-state index in [1.807, 2.05) is 53.8 Å². The Hall–Kier alpha value is -4.34. The van der Waals surface area contributed by atoms with Gasteiger partial charge in [0.25, 0.3) is 5.91 Å². The third-order valence-corrected chi connectivity index (χ3v) is 5.62. The van der Waals surface area contributed by atoms with Gasteiger partial charge in [-0.3, -0.25) is 10.1 Å². The number of ether oxygens (including phenoxy) is 1. The van der Waals surface area contributed by atoms with E-state index in [1.165, 1.54) is 18.3 Å². The van der Waals surface area contributed by atoms with Crippen molar-refractivity contribution in [2.45, 2.75) is 24.8 Å². The van der Waals surface area contributed by atoms with Crippen molar-refractivity contribution in [3.8, 4) is 11.1 Å². The molecule has 35 heavy (non-hydrogen) atoms. The lowest BCUT2D eigenvalue weighted by Gasteiger charge is -2.16. The highest BCUT2D eigenvalue weighted by Gasteiger charge is 2.30. The number of hydrogen-bond acceptors (Lipinski definition) is 5. The molecule has 0 spiro atoms. The van der Waals surface area contributed by atoms with E-state index in [0.29, 0.717) is 0 Å². The highest BCUT2D eigenvalue weighted by molar-refractivity contribution is 6.02. The van der Waals surface area contributed by atoms with Gasteiger partial charge in [0.05, 0.1) is 5.69 Å². The van der Waals surface area contributed by atoms with Crippen LogP contribution in [-0.2, 0) is 9.53 Å². The number of carbonyl (C=O) groups is 3. The Kier molecular flexibility index (Phi) is 7.00. The van der Waals surface area contributed by atoms with Crippen molar-refractivity contribution in [1.29, 1.82) is 0 Å². The van der Waals surface area contributed by atoms with Crippen LogP contribution in [0.5, 0.6) is 0 Å². The Morgan fingerprint density at radius 1 is 0.971 bits per heavy atom. The summed E-state index contributed by atoms with van der Waals surface area (Å²) in [4.78, 5) is 40.1. The van der Waals surface area contributed by atoms with Crippen molar-refractivity contribution in [2.75, 3.05) is 11.9 Å². The van der Waals surface area contributed by atoms with E-state index in [4.69, 9.17) is 9.84 Å². The number of carboxylic acid groups (broad SMARTS) is 1. The fourth-order valence-corrected chi connectivity index (χ4v) is 4.06. The first-order valence-corrected chi connectivity index (χ1v) is 10.7. The number of alkyl halides is 2. The molecule has 3 N–H and O–H groups in total. The average molecular weight is 481 g/mol. The summed E-state index contributed by atoms with van der Waals surface area (Å²) in [5, 5.41) is 13.5. The van der Waals surface area contributed by atoms with Crippen LogP contribution in [0.4, 0.5) is 19.3 Å². The Morgan fingerprint density at radius 2 is 1.60 bits per heavy atom. The minimum Gasteiger partial charge on any atom is -0.480 e. The van der Waals surface area contributed by atoms with Crippen LogP contribution in [0.15, 0.2) is 66.9 Å². The summed E-state index contributed by atoms with van der Waals surface area (Å²) < 4.78 is 30.7. The predicted octanol–water partition coefficient (Wildman–Crippen LogP) is 4.28. The van der Waals surface area contributed by atoms with Crippen LogP contribution >= 0.6 is 0 Å². The first-order valence-electron chi connectivity index (χ1n) is 10.7. The maximum Gasteiger partial charge on any atom is 0.411 e. The second-order valence-corrected chi connectivity index (χ2v) is 7.84. The lowest BCUT2D eigenvalue weighted by atomic mass is 9.98. The molecular weight excluding hydrogens is 460 g/mol. The number of hydrogen-bond donors (Lipinski definition) is 3. The number of rotatable bonds is 8. The highest BCUT2D eigenvalue weighted by atomic mass is 19.3. The molecule has 0 radical (unpaired) electrons. The number of nitrogens with zero attached hydrogens (tertiary/aromatic N) is 1. The molecule has 2 amide bonds. The Balaban J connectivity index is 1.44. The quantitative estimate of drug-likeness (QED) is 0.442. The molecule has 0 fully saturated rings. The standard InChI is InChI=1S/C25H21F2N3O5/c26-21(27)12-20(24(32)33)29-23(31)22-19(10-5-11-28-22)30-25(34)35-13-18-16-8-3-1-6-14(16)15-7-2-4-9-17(15)18/h1-11,18,20-21H,12-13H2,(H,29,31)(H,30,34)(H,32,33). The Labute approximate surface area is 199 Å². The van der Waals surface area contributed by atoms with Crippen LogP contribution in [0.1, 0.15) is 34.0 Å². The number of anilines is 1. The first kappa shape index (κ1) is 23.8. The van der Waals surface area contributed by atoms with E-state index in [0.717, 1.165) is 22.3 Å². The SMILES string of the molecule is O=C(Nc1cccnc1C(=O)NC(CC(F)F)C(=O)O)OCC1c2ccccc2-c2ccccc21. The number of nitrogens with one attached hydrogen (secondary N) is 2. The number of aliphatic carboxylic acids is 1. The Bertz CT molecular complexity index is 1220. The van der Waals surface area contributed by atoms with Crippen molar-refractivity contribution < 1.29 is 33.0 Å². The summed E-state index contributed by atoms with van der Waals surface area (Å²) in [5.41, 5.74) is 3.81. The summed E-state index contributed by atoms with van der Waals surface area (Å²) in [7, 11) is 0. The number of amides is 2. The fraction of sp³-hybridized carbons (Fsp3) is 0.200. The summed E-state index contributed by atoms with van der Waals surface area (Å²) in [6, 6.07) is 16.7. The molecule has 2 aromatic carbocycles. The first-order chi connectivity index (χ1) is 16.8. The van der Waals surface area contributed by atoms with Crippen molar-refractivity contribution in [1.82, 2.24) is 10.3 Å². The van der Waals surface area contributed by atoms with Gasteiger partial charge in [-0.2, -0.15) is 0 Å². The number of carbonyl (C=O) groups excluding carboxylic acids is 2. The molecule has 3 aromatic rings. The third kappa shape index (κ3) is 5.26. The van der Waals surface area contributed by atoms with E-state index >= 15 is 0 Å². The monoisotopic (exact) mass is 481 g/mol. The van der Waals surface area contributed by atoms with Gasteiger partial charge in [-0.25, -0.2) is 23.4 Å². The van der Waals surface area contributed by atoms with E-state index in [-0.39, 0.29) is 23.9 Å². The lowest BCUT2D eigenvalue weighted by Crippen LogP contribution is -2.42. The molecule has 1 aromatic heterocycles. The molecule has 0 bridgehead atoms. The summed E-state index contributed by atoms with van der Waals surface area (Å²) in [5.74, 6) is -2.80. The van der Waals surface area contributed by atoms with E-state index in [2.05, 4.69) is 10.3 Å². The van der Waals surface area contributed by atoms with Gasteiger partial charge >= 0.3 is 12.1 Å². The molecule has 0 aliphatic heterocycles. The molecule has 180 valence electrons. The normalized spacial score (nSPS) is 13.0. The van der Waals surface area contributed by atoms with E-state index in [1.54, 1.807) is 0 Å². The predicted molar refractivity (Wildman–Crippen MR) is 122 cm³/mol. The van der Waals surface area contributed by atoms with Crippen LogP contribution in [0.2, 0.25) is 0 Å². The molecule has 10 heteroatoms. The molecule has 1 atom stereocenters. The van der Waals surface area contributed by atoms with Gasteiger partial charge in [0, 0.05) is 18.5 Å². The minimum absolute atomic E-state index is 0.0388. The van der Waals surface area contributed by atoms with Crippen LogP contribution < -0.4 is 10.6 Å². The molecular formula is C25H21F2N3O5. The largest absolute Gasteiger partial charge is 0.480 e. The molecule has 0 saturated heterocycles. The molecule has 1 aliphatic carbocycles. The molecule has 0 saturated carbocycles. The second-order valence-electron chi connectivity index (χ2n) is 7.84. The van der Waals surface area contributed by atoms with Gasteiger partial charge in [-0.15, -0.1) is 0 Å². The zero-order valence-corrected chi connectivity index (χ0v) is 18.3. The summed E-state index contributed by atoms with van der Waals surface area (Å²) in [6.45, 7) is 0.0388. The molecule has 4 rings (SSSR count). The number of carboxylic acids is 1. The van der Waals surface area contributed by atoms with Gasteiger partial charge in [-0.05, 0) is 34.4 Å². The second kappa shape index (κ2) is 10.3. The van der Waals surface area contributed by atoms with Crippen molar-refractivity contribution in [3.05, 3.63) is 83.7 Å². The number of aromatic nitrogens is 1. The van der Waals surface area contributed by atoms with Gasteiger partial charge in [-0.1, -0.05) is 48.5 Å². The minimum atomic E-state index is -2.93. The topological polar surface area (TPSA) is 118 Å². The van der Waals surface area contributed by atoms with E-state index in [9.17, 15) is 23.2 Å². The molecule has 1 heterocycles. The number of fused-ring (bicyclic) bond motifs is 3. The van der Waals surface area contributed by atoms with Gasteiger partial charge in [0.2, 0.25) is 6.43 Å². The zero-order valence-electron chi connectivity index (χ0n) is 18.3. The molecule has 1 unspecified atom stereocenters. The number of halogens is 2. The number of benzene rings is 2. The maximum atomic E-state index is 12.6. The lowest BCUT2D eigenvalue weighted by molar-refractivity contribution is -0.140. The third-order valence-electron chi connectivity index (χ3n) is 5.62. The maximum absolute atomic E-state index is 12.6. The van der Waals surface area contributed by atoms with E-state index < -0.39 is 36.9 Å². The van der Waals surface area contributed by atoms with Crippen molar-refractivity contribution >= 4 is 23.7 Å². The van der Waals surface area contributed by atoms with Crippen molar-refractivity contribution in [3.63, 3.8) is 0 Å². The highest BCUT2D eigenvalue weighted by Crippen LogP contribution is 2.44. The van der Waals surface area contributed by atoms with Crippen LogP contribution in [0, 0.1) is 0 Å².